The van der Waals surface area contributed by atoms with Crippen LogP contribution in [0.15, 0.2) is 12.7 Å². The molecule has 114 valence electrons. The Morgan fingerprint density at radius 1 is 1.05 bits per heavy atom. The second-order valence-corrected chi connectivity index (χ2v) is 7.69. The molecule has 1 aliphatic carbocycles. The summed E-state index contributed by atoms with van der Waals surface area (Å²) in [6, 6.07) is 0. The predicted molar refractivity (Wildman–Crippen MR) is 85.8 cm³/mol. The predicted octanol–water partition coefficient (Wildman–Crippen LogP) is 4.85. The molecule has 1 heterocycles. The molecule has 0 aromatic heterocycles. The molecule has 1 saturated carbocycles. The summed E-state index contributed by atoms with van der Waals surface area (Å²) in [7, 11) is -0.107. The van der Waals surface area contributed by atoms with Crippen LogP contribution in [0, 0.1) is 11.8 Å². The van der Waals surface area contributed by atoms with Crippen LogP contribution in [-0.4, -0.2) is 18.3 Å². The van der Waals surface area contributed by atoms with Crippen molar-refractivity contribution in [3.63, 3.8) is 0 Å². The summed E-state index contributed by atoms with van der Waals surface area (Å²) in [6.07, 6.45) is 8.94. The van der Waals surface area contributed by atoms with E-state index >= 15 is 0 Å². The van der Waals surface area contributed by atoms with Gasteiger partial charge in [0.25, 0.3) is 0 Å². The first-order chi connectivity index (χ1) is 9.28. The monoisotopic (exact) mass is 278 g/mol. The Kier molecular flexibility index (Phi) is 4.71. The van der Waals surface area contributed by atoms with E-state index in [0.717, 1.165) is 5.92 Å². The van der Waals surface area contributed by atoms with Crippen molar-refractivity contribution in [3.05, 3.63) is 12.7 Å². The molecule has 0 spiro atoms. The zero-order valence-corrected chi connectivity index (χ0v) is 13.9. The summed E-state index contributed by atoms with van der Waals surface area (Å²) in [4.78, 5) is 0. The lowest BCUT2D eigenvalue weighted by molar-refractivity contribution is 0.00578. The van der Waals surface area contributed by atoms with E-state index in [-0.39, 0.29) is 18.3 Å². The van der Waals surface area contributed by atoms with Gasteiger partial charge in [-0.25, -0.2) is 0 Å². The van der Waals surface area contributed by atoms with Gasteiger partial charge in [-0.1, -0.05) is 32.3 Å². The Hall–Kier alpha value is -0.275. The summed E-state index contributed by atoms with van der Waals surface area (Å²) in [6.45, 7) is 14.9. The molecule has 1 aliphatic heterocycles. The zero-order valence-electron chi connectivity index (χ0n) is 13.9. The minimum absolute atomic E-state index is 0.107. The van der Waals surface area contributed by atoms with Crippen molar-refractivity contribution < 1.29 is 9.31 Å². The second-order valence-electron chi connectivity index (χ2n) is 7.69. The highest BCUT2D eigenvalue weighted by Gasteiger charge is 2.54. The largest absolute Gasteiger partial charge is 0.461 e. The summed E-state index contributed by atoms with van der Waals surface area (Å²) < 4.78 is 12.5. The Morgan fingerprint density at radius 3 is 2.00 bits per heavy atom. The first kappa shape index (κ1) is 16.1. The van der Waals surface area contributed by atoms with Crippen LogP contribution in [0.4, 0.5) is 0 Å². The van der Waals surface area contributed by atoms with Crippen molar-refractivity contribution in [2.24, 2.45) is 11.8 Å². The van der Waals surface area contributed by atoms with Crippen LogP contribution >= 0.6 is 0 Å². The van der Waals surface area contributed by atoms with Gasteiger partial charge in [0.1, 0.15) is 0 Å². The summed E-state index contributed by atoms with van der Waals surface area (Å²) in [5.41, 5.74) is -0.464. The highest BCUT2D eigenvalue weighted by molar-refractivity contribution is 6.47. The third-order valence-corrected chi connectivity index (χ3v) is 5.77. The van der Waals surface area contributed by atoms with E-state index in [1.165, 1.54) is 32.1 Å². The number of hydrogen-bond donors (Lipinski definition) is 0. The second kappa shape index (κ2) is 5.85. The Morgan fingerprint density at radius 2 is 1.55 bits per heavy atom. The quantitative estimate of drug-likeness (QED) is 0.540. The maximum Gasteiger partial charge on any atom is 0.461 e. The molecule has 2 nitrogen and oxygen atoms in total. The first-order valence-electron chi connectivity index (χ1n) is 8.27. The third-order valence-electron chi connectivity index (χ3n) is 5.77. The van der Waals surface area contributed by atoms with Crippen molar-refractivity contribution in [2.75, 3.05) is 0 Å². The lowest BCUT2D eigenvalue weighted by atomic mass is 9.60. The van der Waals surface area contributed by atoms with Crippen molar-refractivity contribution >= 4 is 7.12 Å². The molecule has 2 unspecified atom stereocenters. The molecular formula is C17H31BO2. The van der Waals surface area contributed by atoms with Crippen molar-refractivity contribution in [2.45, 2.75) is 83.7 Å². The number of allylic oxidation sites excluding steroid dienone is 1. The summed E-state index contributed by atoms with van der Waals surface area (Å²) in [5.74, 6) is 1.64. The van der Waals surface area contributed by atoms with Crippen LogP contribution < -0.4 is 0 Å². The van der Waals surface area contributed by atoms with E-state index in [4.69, 9.17) is 9.31 Å². The van der Waals surface area contributed by atoms with Crippen LogP contribution in [0.3, 0.4) is 0 Å². The lowest BCUT2D eigenvalue weighted by Gasteiger charge is -2.33. The Labute approximate surface area is 125 Å². The first-order valence-corrected chi connectivity index (χ1v) is 8.27. The molecule has 0 N–H and O–H groups in total. The fourth-order valence-corrected chi connectivity index (χ4v) is 3.64. The van der Waals surface area contributed by atoms with Gasteiger partial charge in [0.2, 0.25) is 0 Å². The molecule has 0 amide bonds. The lowest BCUT2D eigenvalue weighted by Crippen LogP contribution is -2.41. The van der Waals surface area contributed by atoms with E-state index < -0.39 is 0 Å². The molecule has 2 atom stereocenters. The average Bonchev–Trinajstić information content (AvgIpc) is 2.60. The average molecular weight is 278 g/mol. The minimum Gasteiger partial charge on any atom is -0.403 e. The molecule has 0 aromatic carbocycles. The molecule has 3 heteroatoms. The molecule has 2 aliphatic rings. The minimum atomic E-state index is -0.232. The van der Waals surface area contributed by atoms with E-state index in [9.17, 15) is 0 Å². The summed E-state index contributed by atoms with van der Waals surface area (Å²) in [5, 5.41) is 0. The van der Waals surface area contributed by atoms with Crippen molar-refractivity contribution in [1.29, 1.82) is 0 Å². The number of hydrogen-bond acceptors (Lipinski definition) is 2. The van der Waals surface area contributed by atoms with E-state index in [1.807, 2.05) is 0 Å². The Balaban J connectivity index is 2.06. The fourth-order valence-electron chi connectivity index (χ4n) is 3.64. The van der Waals surface area contributed by atoms with Gasteiger partial charge in [-0.2, -0.15) is 0 Å². The zero-order chi connectivity index (χ0) is 15.0. The van der Waals surface area contributed by atoms with Crippen LogP contribution in [0.1, 0.15) is 66.7 Å². The van der Waals surface area contributed by atoms with Gasteiger partial charge in [-0.15, -0.1) is 6.58 Å². The fraction of sp³-hybridized carbons (Fsp3) is 0.882. The van der Waals surface area contributed by atoms with Gasteiger partial charge in [-0.05, 0) is 58.2 Å². The standard InChI is InChI=1S/C17H31BO2/c1-7-15(14-11-9-8-10-12-14)13(2)18-19-16(3,4)17(5,6)20-18/h7,13-15H,1,8-12H2,2-6H3. The smallest absolute Gasteiger partial charge is 0.403 e. The molecule has 20 heavy (non-hydrogen) atoms. The molecule has 0 bridgehead atoms. The highest BCUT2D eigenvalue weighted by Crippen LogP contribution is 2.45. The molecule has 1 saturated heterocycles. The van der Waals surface area contributed by atoms with Crippen LogP contribution in [-0.2, 0) is 9.31 Å². The molecular weight excluding hydrogens is 247 g/mol. The molecule has 2 rings (SSSR count). The van der Waals surface area contributed by atoms with Gasteiger partial charge in [0.05, 0.1) is 11.2 Å². The van der Waals surface area contributed by atoms with Gasteiger partial charge < -0.3 is 9.31 Å². The van der Waals surface area contributed by atoms with Gasteiger partial charge in [-0.3, -0.25) is 0 Å². The van der Waals surface area contributed by atoms with Crippen LogP contribution in [0.25, 0.3) is 0 Å². The van der Waals surface area contributed by atoms with Gasteiger partial charge >= 0.3 is 7.12 Å². The van der Waals surface area contributed by atoms with E-state index in [1.54, 1.807) is 0 Å². The van der Waals surface area contributed by atoms with Gasteiger partial charge in [0, 0.05) is 0 Å². The molecule has 0 radical (unpaired) electrons. The Bertz CT molecular complexity index is 329. The third kappa shape index (κ3) is 2.99. The van der Waals surface area contributed by atoms with E-state index in [0.29, 0.717) is 11.7 Å². The van der Waals surface area contributed by atoms with Crippen molar-refractivity contribution in [1.82, 2.24) is 0 Å². The topological polar surface area (TPSA) is 18.5 Å². The molecule has 0 aromatic rings. The SMILES string of the molecule is C=CC(C1CCCCC1)C(C)B1OC(C)(C)C(C)(C)O1. The number of rotatable bonds is 4. The maximum atomic E-state index is 6.23. The maximum absolute atomic E-state index is 6.23. The van der Waals surface area contributed by atoms with E-state index in [2.05, 4.69) is 47.3 Å². The molecule has 2 fully saturated rings. The van der Waals surface area contributed by atoms with Crippen LogP contribution in [0.5, 0.6) is 0 Å². The summed E-state index contributed by atoms with van der Waals surface area (Å²) >= 11 is 0. The highest BCUT2D eigenvalue weighted by atomic mass is 16.7. The van der Waals surface area contributed by atoms with Crippen molar-refractivity contribution in [3.8, 4) is 0 Å². The van der Waals surface area contributed by atoms with Gasteiger partial charge in [0.15, 0.2) is 0 Å². The normalized spacial score (nSPS) is 29.1. The van der Waals surface area contributed by atoms with Crippen LogP contribution in [0.2, 0.25) is 5.82 Å².